The number of aliphatic hydroxyl groups is 1. The first-order valence-corrected chi connectivity index (χ1v) is 5.99. The van der Waals surface area contributed by atoms with Crippen molar-refractivity contribution < 1.29 is 5.11 Å². The third-order valence-corrected chi connectivity index (χ3v) is 3.38. The van der Waals surface area contributed by atoms with E-state index < -0.39 is 0 Å². The molecule has 1 aliphatic rings. The summed E-state index contributed by atoms with van der Waals surface area (Å²) in [5.41, 5.74) is 1.14. The molecule has 5 heteroatoms. The first kappa shape index (κ1) is 11.5. The number of rotatable bonds is 4. The maximum atomic E-state index is 9.06. The quantitative estimate of drug-likeness (QED) is 0.811. The van der Waals surface area contributed by atoms with Gasteiger partial charge in [-0.1, -0.05) is 11.6 Å². The number of aromatic nitrogens is 3. The van der Waals surface area contributed by atoms with Gasteiger partial charge in [0.1, 0.15) is 0 Å². The average Bonchev–Trinajstić information content (AvgIpc) is 2.68. The Hall–Kier alpha value is -0.940. The molecule has 1 unspecified atom stereocenters. The Bertz CT molecular complexity index is 324. The van der Waals surface area contributed by atoms with Crippen molar-refractivity contribution in [1.29, 1.82) is 0 Å². The molecule has 1 atom stereocenters. The summed E-state index contributed by atoms with van der Waals surface area (Å²) in [6.45, 7) is 2.30. The molecule has 1 aromatic heterocycles. The molecular formula is C11H20N4O. The molecule has 0 aliphatic carbocycles. The predicted molar refractivity (Wildman–Crippen MR) is 60.8 cm³/mol. The summed E-state index contributed by atoms with van der Waals surface area (Å²) < 4.78 is 1.82. The van der Waals surface area contributed by atoms with Crippen LogP contribution in [0.2, 0.25) is 0 Å². The molecule has 0 aromatic carbocycles. The Morgan fingerprint density at radius 3 is 3.06 bits per heavy atom. The van der Waals surface area contributed by atoms with Crippen molar-refractivity contribution in [2.45, 2.75) is 38.3 Å². The number of hydrogen-bond donors (Lipinski definition) is 1. The van der Waals surface area contributed by atoms with E-state index in [1.54, 1.807) is 0 Å². The number of aryl methyl sites for hydroxylation is 1. The zero-order chi connectivity index (χ0) is 11.4. The molecule has 1 fully saturated rings. The molecule has 2 heterocycles. The van der Waals surface area contributed by atoms with Crippen LogP contribution >= 0.6 is 0 Å². The Morgan fingerprint density at radius 2 is 2.38 bits per heavy atom. The maximum absolute atomic E-state index is 9.06. The summed E-state index contributed by atoms with van der Waals surface area (Å²) >= 11 is 0. The lowest BCUT2D eigenvalue weighted by Gasteiger charge is -2.35. The van der Waals surface area contributed by atoms with E-state index in [0.29, 0.717) is 6.04 Å². The fourth-order valence-corrected chi connectivity index (χ4v) is 2.41. The van der Waals surface area contributed by atoms with Gasteiger partial charge in [0.15, 0.2) is 0 Å². The highest BCUT2D eigenvalue weighted by atomic mass is 16.3. The largest absolute Gasteiger partial charge is 0.396 e. The summed E-state index contributed by atoms with van der Waals surface area (Å²) in [6.07, 6.45) is 6.44. The van der Waals surface area contributed by atoms with Crippen LogP contribution in [0.1, 0.15) is 31.4 Å². The van der Waals surface area contributed by atoms with Gasteiger partial charge in [-0.2, -0.15) is 0 Å². The molecule has 0 bridgehead atoms. The van der Waals surface area contributed by atoms with Gasteiger partial charge in [0.25, 0.3) is 0 Å². The number of piperidine rings is 1. The van der Waals surface area contributed by atoms with Gasteiger partial charge in [-0.25, -0.2) is 0 Å². The normalized spacial score (nSPS) is 22.5. The first-order valence-electron chi connectivity index (χ1n) is 5.99. The minimum absolute atomic E-state index is 0.283. The van der Waals surface area contributed by atoms with Crippen LogP contribution < -0.4 is 0 Å². The van der Waals surface area contributed by atoms with Gasteiger partial charge < -0.3 is 5.11 Å². The van der Waals surface area contributed by atoms with Gasteiger partial charge >= 0.3 is 0 Å². The van der Waals surface area contributed by atoms with Gasteiger partial charge in [-0.3, -0.25) is 9.58 Å². The van der Waals surface area contributed by atoms with Crippen molar-refractivity contribution in [2.75, 3.05) is 13.2 Å². The van der Waals surface area contributed by atoms with Gasteiger partial charge in [0, 0.05) is 26.2 Å². The van der Waals surface area contributed by atoms with Crippen LogP contribution in [0.5, 0.6) is 0 Å². The summed E-state index contributed by atoms with van der Waals surface area (Å²) in [4.78, 5) is 2.44. The van der Waals surface area contributed by atoms with Crippen molar-refractivity contribution in [2.24, 2.45) is 7.05 Å². The van der Waals surface area contributed by atoms with Gasteiger partial charge in [0.2, 0.25) is 0 Å². The van der Waals surface area contributed by atoms with Crippen LogP contribution in [0, 0.1) is 0 Å². The number of aliphatic hydroxyl groups excluding tert-OH is 1. The first-order chi connectivity index (χ1) is 7.81. The molecule has 1 N–H and O–H groups in total. The second kappa shape index (κ2) is 5.41. The van der Waals surface area contributed by atoms with Crippen molar-refractivity contribution in [1.82, 2.24) is 19.9 Å². The smallest absolute Gasteiger partial charge is 0.0738 e. The van der Waals surface area contributed by atoms with Crippen LogP contribution in [0.4, 0.5) is 0 Å². The van der Waals surface area contributed by atoms with Crippen molar-refractivity contribution in [3.05, 3.63) is 11.9 Å². The molecule has 1 aliphatic heterocycles. The van der Waals surface area contributed by atoms with Gasteiger partial charge in [0.05, 0.1) is 11.9 Å². The van der Waals surface area contributed by atoms with Gasteiger partial charge in [-0.15, -0.1) is 5.10 Å². The Labute approximate surface area is 96.1 Å². The lowest BCUT2D eigenvalue weighted by Crippen LogP contribution is -2.39. The molecule has 16 heavy (non-hydrogen) atoms. The van der Waals surface area contributed by atoms with Crippen LogP contribution in [0.15, 0.2) is 6.20 Å². The van der Waals surface area contributed by atoms with E-state index in [9.17, 15) is 0 Å². The molecule has 0 amide bonds. The van der Waals surface area contributed by atoms with E-state index >= 15 is 0 Å². The standard InChI is InChI=1S/C11H20N4O/c1-14-11(8-12-13-14)9-15-6-3-2-4-10(15)5-7-16/h8,10,16H,2-7,9H2,1H3. The van der Waals surface area contributed by atoms with Crippen LogP contribution in [0.25, 0.3) is 0 Å². The lowest BCUT2D eigenvalue weighted by atomic mass is 9.99. The lowest BCUT2D eigenvalue weighted by molar-refractivity contribution is 0.110. The number of likely N-dealkylation sites (tertiary alicyclic amines) is 1. The molecule has 1 aromatic rings. The van der Waals surface area contributed by atoms with E-state index in [4.69, 9.17) is 5.11 Å². The zero-order valence-corrected chi connectivity index (χ0v) is 9.84. The molecule has 1 saturated heterocycles. The fourth-order valence-electron chi connectivity index (χ4n) is 2.41. The van der Waals surface area contributed by atoms with E-state index in [1.807, 2.05) is 17.9 Å². The van der Waals surface area contributed by atoms with E-state index in [0.717, 1.165) is 25.2 Å². The molecule has 5 nitrogen and oxygen atoms in total. The molecular weight excluding hydrogens is 204 g/mol. The van der Waals surface area contributed by atoms with E-state index in [1.165, 1.54) is 19.3 Å². The monoisotopic (exact) mass is 224 g/mol. The third kappa shape index (κ3) is 2.59. The molecule has 0 spiro atoms. The third-order valence-electron chi connectivity index (χ3n) is 3.38. The average molecular weight is 224 g/mol. The second-order valence-corrected chi connectivity index (χ2v) is 4.48. The van der Waals surface area contributed by atoms with Crippen LogP contribution in [-0.2, 0) is 13.6 Å². The SMILES string of the molecule is Cn1nncc1CN1CCCCC1CCO. The fraction of sp³-hybridized carbons (Fsp3) is 0.818. The molecule has 2 rings (SSSR count). The highest BCUT2D eigenvalue weighted by Crippen LogP contribution is 2.21. The minimum Gasteiger partial charge on any atom is -0.396 e. The summed E-state index contributed by atoms with van der Waals surface area (Å²) in [5.74, 6) is 0. The van der Waals surface area contributed by atoms with Gasteiger partial charge in [-0.05, 0) is 25.8 Å². The maximum Gasteiger partial charge on any atom is 0.0738 e. The Kier molecular flexibility index (Phi) is 3.90. The topological polar surface area (TPSA) is 54.2 Å². The van der Waals surface area contributed by atoms with Crippen LogP contribution in [-0.4, -0.2) is 44.2 Å². The minimum atomic E-state index is 0.283. The summed E-state index contributed by atoms with van der Waals surface area (Å²) in [5, 5.41) is 16.9. The van der Waals surface area contributed by atoms with E-state index in [-0.39, 0.29) is 6.61 Å². The van der Waals surface area contributed by atoms with Crippen molar-refractivity contribution >= 4 is 0 Å². The predicted octanol–water partition coefficient (Wildman–Crippen LogP) is 0.552. The Balaban J connectivity index is 1.98. The van der Waals surface area contributed by atoms with Crippen molar-refractivity contribution in [3.63, 3.8) is 0 Å². The highest BCUT2D eigenvalue weighted by Gasteiger charge is 2.22. The molecule has 0 radical (unpaired) electrons. The summed E-state index contributed by atoms with van der Waals surface area (Å²) in [6, 6.07) is 0.522. The molecule has 90 valence electrons. The van der Waals surface area contributed by atoms with E-state index in [2.05, 4.69) is 15.2 Å². The zero-order valence-electron chi connectivity index (χ0n) is 9.84. The number of nitrogens with zero attached hydrogens (tertiary/aromatic N) is 4. The molecule has 0 saturated carbocycles. The number of hydrogen-bond acceptors (Lipinski definition) is 4. The highest BCUT2D eigenvalue weighted by molar-refractivity contribution is 4.94. The second-order valence-electron chi connectivity index (χ2n) is 4.48. The van der Waals surface area contributed by atoms with Crippen molar-refractivity contribution in [3.8, 4) is 0 Å². The summed E-state index contributed by atoms with van der Waals surface area (Å²) in [7, 11) is 1.92. The Morgan fingerprint density at radius 1 is 1.50 bits per heavy atom. The van der Waals surface area contributed by atoms with Crippen LogP contribution in [0.3, 0.4) is 0 Å².